The van der Waals surface area contributed by atoms with E-state index in [4.69, 9.17) is 5.53 Å². The maximum atomic E-state index is 11.6. The molecule has 9 heteroatoms. The Morgan fingerprint density at radius 2 is 2.15 bits per heavy atom. The highest BCUT2D eigenvalue weighted by atomic mass is 31.0. The van der Waals surface area contributed by atoms with Crippen molar-refractivity contribution in [1.82, 2.24) is 15.3 Å². The van der Waals surface area contributed by atoms with E-state index in [0.29, 0.717) is 5.57 Å². The third-order valence-electron chi connectivity index (χ3n) is 2.03. The molecule has 1 unspecified atom stereocenters. The van der Waals surface area contributed by atoms with Gasteiger partial charge in [0.15, 0.2) is 6.54 Å². The SMILES string of the molecule is CC#CCC(=CN=C(CN=[N+]=N)C(=O)NC)C(=O)NP. The van der Waals surface area contributed by atoms with Gasteiger partial charge in [0.2, 0.25) is 4.91 Å². The fourth-order valence-corrected chi connectivity index (χ4v) is 1.22. The average Bonchev–Trinajstić information content (AvgIpc) is 2.48. The molecule has 2 amide bonds. The highest BCUT2D eigenvalue weighted by Crippen LogP contribution is 2.02. The summed E-state index contributed by atoms with van der Waals surface area (Å²) in [5.74, 6) is 4.59. The van der Waals surface area contributed by atoms with Crippen LogP contribution >= 0.6 is 9.39 Å². The number of aliphatic imine (C=N–C) groups is 1. The van der Waals surface area contributed by atoms with E-state index in [9.17, 15) is 9.59 Å². The average molecular weight is 295 g/mol. The van der Waals surface area contributed by atoms with Crippen LogP contribution in [0.2, 0.25) is 0 Å². The molecule has 0 saturated carbocycles. The van der Waals surface area contributed by atoms with Crippen LogP contribution in [0.15, 0.2) is 21.9 Å². The molecule has 0 aliphatic carbocycles. The van der Waals surface area contributed by atoms with Crippen molar-refractivity contribution in [3.8, 4) is 11.8 Å². The second-order valence-electron chi connectivity index (χ2n) is 3.29. The molecule has 0 spiro atoms. The molecule has 1 atom stereocenters. The lowest BCUT2D eigenvalue weighted by atomic mass is 10.2. The molecule has 3 N–H and O–H groups in total. The smallest absolute Gasteiger partial charge is 0.267 e. The van der Waals surface area contributed by atoms with Crippen molar-refractivity contribution in [2.75, 3.05) is 13.6 Å². The number of carbonyl (C=O) groups is 2. The Hall–Kier alpha value is -2.35. The molecule has 0 saturated heterocycles. The van der Waals surface area contributed by atoms with Gasteiger partial charge in [-0.25, -0.2) is 0 Å². The van der Waals surface area contributed by atoms with Crippen molar-refractivity contribution >= 4 is 26.9 Å². The molecular weight excluding hydrogens is 279 g/mol. The first kappa shape index (κ1) is 17.6. The molecule has 0 heterocycles. The van der Waals surface area contributed by atoms with Crippen LogP contribution in [0, 0.1) is 17.4 Å². The van der Waals surface area contributed by atoms with Crippen LogP contribution in [0.4, 0.5) is 0 Å². The molecule has 0 aliphatic rings. The van der Waals surface area contributed by atoms with Gasteiger partial charge in [-0.2, -0.15) is 0 Å². The van der Waals surface area contributed by atoms with Crippen molar-refractivity contribution in [2.45, 2.75) is 13.3 Å². The van der Waals surface area contributed by atoms with Gasteiger partial charge < -0.3 is 10.4 Å². The summed E-state index contributed by atoms with van der Waals surface area (Å²) in [6.07, 6.45) is 1.47. The number of hydrogen-bond acceptors (Lipinski definition) is 5. The van der Waals surface area contributed by atoms with E-state index >= 15 is 0 Å². The van der Waals surface area contributed by atoms with Gasteiger partial charge in [0, 0.05) is 25.2 Å². The first-order valence-corrected chi connectivity index (χ1v) is 6.10. The molecule has 0 aromatic rings. The van der Waals surface area contributed by atoms with Gasteiger partial charge in [-0.1, -0.05) is 5.92 Å². The van der Waals surface area contributed by atoms with Crippen molar-refractivity contribution in [2.24, 2.45) is 10.1 Å². The molecule has 0 aromatic heterocycles. The largest absolute Gasteiger partial charge is 0.354 e. The Morgan fingerprint density at radius 3 is 2.65 bits per heavy atom. The fourth-order valence-electron chi connectivity index (χ4n) is 1.03. The Bertz CT molecular complexity index is 537. The molecule has 8 nitrogen and oxygen atoms in total. The molecule has 20 heavy (non-hydrogen) atoms. The van der Waals surface area contributed by atoms with Gasteiger partial charge in [0.05, 0.1) is 0 Å². The second-order valence-corrected chi connectivity index (χ2v) is 3.57. The minimum atomic E-state index is -0.458. The molecule has 0 aromatic carbocycles. The fraction of sp³-hybridized carbons (Fsp3) is 0.364. The van der Waals surface area contributed by atoms with Crippen LogP contribution in [0.5, 0.6) is 0 Å². The second kappa shape index (κ2) is 10.6. The van der Waals surface area contributed by atoms with Crippen molar-refractivity contribution in [3.63, 3.8) is 0 Å². The maximum Gasteiger partial charge on any atom is 0.267 e. The Kier molecular flexibility index (Phi) is 9.32. The van der Waals surface area contributed by atoms with Gasteiger partial charge >= 0.3 is 0 Å². The quantitative estimate of drug-likeness (QED) is 0.159. The summed E-state index contributed by atoms with van der Waals surface area (Å²) in [5, 5.41) is 8.16. The summed E-state index contributed by atoms with van der Waals surface area (Å²) < 4.78 is 0. The van der Waals surface area contributed by atoms with Crippen LogP contribution in [-0.4, -0.2) is 31.1 Å². The molecule has 0 fully saturated rings. The van der Waals surface area contributed by atoms with Crippen LogP contribution in [-0.2, 0) is 9.59 Å². The Morgan fingerprint density at radius 1 is 1.45 bits per heavy atom. The van der Waals surface area contributed by atoms with E-state index in [1.807, 2.05) is 0 Å². The molecule has 0 rings (SSSR count). The van der Waals surface area contributed by atoms with Crippen LogP contribution < -0.4 is 15.3 Å². The summed E-state index contributed by atoms with van der Waals surface area (Å²) in [7, 11) is 3.53. The first-order chi connectivity index (χ1) is 9.60. The predicted octanol–water partition coefficient (Wildman–Crippen LogP) is -0.0726. The van der Waals surface area contributed by atoms with Crippen LogP contribution in [0.1, 0.15) is 13.3 Å². The third kappa shape index (κ3) is 6.55. The zero-order valence-corrected chi connectivity index (χ0v) is 12.4. The molecule has 0 radical (unpaired) electrons. The Labute approximate surface area is 119 Å². The third-order valence-corrected chi connectivity index (χ3v) is 2.30. The van der Waals surface area contributed by atoms with Gasteiger partial charge in [-0.05, 0) is 16.3 Å². The number of rotatable bonds is 6. The number of nitrogens with one attached hydrogen (secondary N) is 3. The van der Waals surface area contributed by atoms with Gasteiger partial charge in [0.25, 0.3) is 11.8 Å². The van der Waals surface area contributed by atoms with Crippen molar-refractivity contribution in [3.05, 3.63) is 11.8 Å². The Balaban J connectivity index is 5.35. The van der Waals surface area contributed by atoms with E-state index < -0.39 is 5.91 Å². The van der Waals surface area contributed by atoms with E-state index in [0.717, 1.165) is 0 Å². The number of amides is 2. The van der Waals surface area contributed by atoms with E-state index in [1.54, 1.807) is 6.92 Å². The maximum absolute atomic E-state index is 11.6. The monoisotopic (exact) mass is 295 g/mol. The van der Waals surface area contributed by atoms with E-state index in [-0.39, 0.29) is 24.6 Å². The summed E-state index contributed by atoms with van der Waals surface area (Å²) in [5.41, 5.74) is 6.92. The van der Waals surface area contributed by atoms with E-state index in [1.165, 1.54) is 13.2 Å². The zero-order valence-electron chi connectivity index (χ0n) is 11.2. The molecule has 106 valence electrons. The normalized spacial score (nSPS) is 10.8. The summed E-state index contributed by atoms with van der Waals surface area (Å²) in [6.45, 7) is 1.51. The van der Waals surface area contributed by atoms with Crippen LogP contribution in [0.25, 0.3) is 0 Å². The highest BCUT2D eigenvalue weighted by molar-refractivity contribution is 7.15. The zero-order chi connectivity index (χ0) is 15.4. The van der Waals surface area contributed by atoms with Crippen molar-refractivity contribution < 1.29 is 9.59 Å². The lowest BCUT2D eigenvalue weighted by Gasteiger charge is -2.01. The van der Waals surface area contributed by atoms with Gasteiger partial charge in [0.1, 0.15) is 16.4 Å². The van der Waals surface area contributed by atoms with E-state index in [2.05, 4.69) is 46.7 Å². The number of hydrogen-bond donors (Lipinski definition) is 3. The van der Waals surface area contributed by atoms with Gasteiger partial charge in [-0.15, -0.1) is 5.92 Å². The highest BCUT2D eigenvalue weighted by Gasteiger charge is 2.12. The molecule has 0 bridgehead atoms. The predicted molar refractivity (Wildman–Crippen MR) is 77.7 cm³/mol. The lowest BCUT2D eigenvalue weighted by Crippen LogP contribution is -2.29. The minimum absolute atomic E-state index is 0.0435. The minimum Gasteiger partial charge on any atom is -0.354 e. The lowest BCUT2D eigenvalue weighted by molar-refractivity contribution is -0.116. The number of carbonyl (C=O) groups excluding carboxylic acids is 2. The molecular formula is C11H16N6O2P+. The molecule has 0 aliphatic heterocycles. The van der Waals surface area contributed by atoms with Gasteiger partial charge in [-0.3, -0.25) is 14.6 Å². The summed E-state index contributed by atoms with van der Waals surface area (Å²) in [6, 6.07) is 0. The van der Waals surface area contributed by atoms with Crippen LogP contribution in [0.3, 0.4) is 0 Å². The topological polar surface area (TPSA) is 121 Å². The summed E-state index contributed by atoms with van der Waals surface area (Å²) in [4.78, 5) is 29.8. The van der Waals surface area contributed by atoms with Crippen molar-refractivity contribution in [1.29, 1.82) is 5.53 Å². The standard InChI is InChI=1S/C11H15N6O2P/c1-3-4-5-8(10(18)16-20)6-14-9(7-15-17-12)11(19)13-2/h6,12H,5,7,20H2,1-2H3,(H-,13,16,18,19)/p+1. The number of nitrogens with zero attached hydrogens (tertiary/aromatic N) is 3. The summed E-state index contributed by atoms with van der Waals surface area (Å²) >= 11 is 0. The first-order valence-electron chi connectivity index (χ1n) is 5.52.